The van der Waals surface area contributed by atoms with Crippen LogP contribution in [0.25, 0.3) is 0 Å². The van der Waals surface area contributed by atoms with Crippen LogP contribution in [0.3, 0.4) is 0 Å². The molecule has 2 rings (SSSR count). The number of hydrogen-bond donors (Lipinski definition) is 2. The molecule has 1 unspecified atom stereocenters. The molecule has 0 radical (unpaired) electrons. The molecule has 0 bridgehead atoms. The molecule has 0 fully saturated rings. The number of carboxylic acid groups (broad SMARTS) is 1. The normalized spacial score (nSPS) is 12.3. The molecule has 2 N–H and O–H groups in total. The van der Waals surface area contributed by atoms with Crippen molar-refractivity contribution < 1.29 is 15.0 Å². The molecule has 4 nitrogen and oxygen atoms in total. The Kier molecular flexibility index (Phi) is 4.02. The number of carboxylic acids is 1. The van der Waals surface area contributed by atoms with Crippen LogP contribution < -0.4 is 0 Å². The standard InChI is InChI=1S/C15H17NO3/c1-11(9-12-5-3-2-4-6-12)16-13(10-17)7-8-14(16)15(18)19/h2-8,11,17H,9-10H2,1H3,(H,18,19). The van der Waals surface area contributed by atoms with Crippen molar-refractivity contribution in [3.05, 3.63) is 59.4 Å². The van der Waals surface area contributed by atoms with Gasteiger partial charge in [-0.25, -0.2) is 4.79 Å². The summed E-state index contributed by atoms with van der Waals surface area (Å²) >= 11 is 0. The van der Waals surface area contributed by atoms with Gasteiger partial charge in [-0.05, 0) is 31.0 Å². The first-order valence-electron chi connectivity index (χ1n) is 6.21. The van der Waals surface area contributed by atoms with Crippen molar-refractivity contribution in [2.75, 3.05) is 0 Å². The van der Waals surface area contributed by atoms with E-state index in [1.807, 2.05) is 37.3 Å². The fraction of sp³-hybridized carbons (Fsp3) is 0.267. The lowest BCUT2D eigenvalue weighted by atomic mass is 10.1. The lowest BCUT2D eigenvalue weighted by Gasteiger charge is -2.19. The maximum Gasteiger partial charge on any atom is 0.352 e. The Morgan fingerprint density at radius 2 is 1.89 bits per heavy atom. The summed E-state index contributed by atoms with van der Waals surface area (Å²) in [4.78, 5) is 11.2. The van der Waals surface area contributed by atoms with Gasteiger partial charge in [-0.2, -0.15) is 0 Å². The van der Waals surface area contributed by atoms with E-state index in [1.165, 1.54) is 6.07 Å². The second-order valence-electron chi connectivity index (χ2n) is 4.58. The van der Waals surface area contributed by atoms with Gasteiger partial charge in [0.1, 0.15) is 5.69 Å². The zero-order chi connectivity index (χ0) is 13.8. The largest absolute Gasteiger partial charge is 0.477 e. The molecule has 100 valence electrons. The van der Waals surface area contributed by atoms with E-state index in [2.05, 4.69) is 0 Å². The average molecular weight is 259 g/mol. The lowest BCUT2D eigenvalue weighted by molar-refractivity contribution is 0.0682. The highest BCUT2D eigenvalue weighted by atomic mass is 16.4. The van der Waals surface area contributed by atoms with Crippen LogP contribution in [0.1, 0.15) is 34.7 Å². The van der Waals surface area contributed by atoms with E-state index in [4.69, 9.17) is 0 Å². The smallest absolute Gasteiger partial charge is 0.352 e. The van der Waals surface area contributed by atoms with Crippen LogP contribution in [-0.2, 0) is 13.0 Å². The zero-order valence-corrected chi connectivity index (χ0v) is 10.8. The number of nitrogens with zero attached hydrogens (tertiary/aromatic N) is 1. The van der Waals surface area contributed by atoms with Gasteiger partial charge >= 0.3 is 5.97 Å². The van der Waals surface area contributed by atoms with Gasteiger partial charge in [0.2, 0.25) is 0 Å². The maximum absolute atomic E-state index is 11.2. The minimum atomic E-state index is -0.973. The fourth-order valence-electron chi connectivity index (χ4n) is 2.36. The van der Waals surface area contributed by atoms with Gasteiger partial charge in [-0.1, -0.05) is 30.3 Å². The Labute approximate surface area is 111 Å². The Morgan fingerprint density at radius 1 is 1.21 bits per heavy atom. The molecule has 1 atom stereocenters. The first-order valence-corrected chi connectivity index (χ1v) is 6.21. The second kappa shape index (κ2) is 5.71. The molecule has 1 aromatic heterocycles. The maximum atomic E-state index is 11.2. The number of benzene rings is 1. The third-order valence-electron chi connectivity index (χ3n) is 3.20. The number of aliphatic hydroxyl groups excluding tert-OH is 1. The minimum Gasteiger partial charge on any atom is -0.477 e. The molecule has 0 aliphatic heterocycles. The van der Waals surface area contributed by atoms with E-state index in [1.54, 1.807) is 10.6 Å². The van der Waals surface area contributed by atoms with Crippen molar-refractivity contribution in [3.8, 4) is 0 Å². The molecule has 0 spiro atoms. The van der Waals surface area contributed by atoms with Crippen LogP contribution in [0.4, 0.5) is 0 Å². The van der Waals surface area contributed by atoms with Crippen molar-refractivity contribution in [1.29, 1.82) is 0 Å². The number of rotatable bonds is 5. The fourth-order valence-corrected chi connectivity index (χ4v) is 2.36. The summed E-state index contributed by atoms with van der Waals surface area (Å²) in [5, 5.41) is 18.5. The van der Waals surface area contributed by atoms with Gasteiger partial charge < -0.3 is 14.8 Å². The summed E-state index contributed by atoms with van der Waals surface area (Å²) in [7, 11) is 0. The molecule has 19 heavy (non-hydrogen) atoms. The van der Waals surface area contributed by atoms with Gasteiger partial charge in [0.05, 0.1) is 6.61 Å². The summed E-state index contributed by atoms with van der Waals surface area (Å²) in [6, 6.07) is 13.1. The molecular weight excluding hydrogens is 242 g/mol. The SMILES string of the molecule is CC(Cc1ccccc1)n1c(CO)ccc1C(=O)O. The number of aliphatic hydroxyl groups is 1. The molecule has 1 heterocycles. The predicted octanol–water partition coefficient (Wildman–Crippen LogP) is 2.48. The molecule has 4 heteroatoms. The van der Waals surface area contributed by atoms with Crippen LogP contribution >= 0.6 is 0 Å². The molecule has 2 aromatic rings. The van der Waals surface area contributed by atoms with Crippen LogP contribution in [0, 0.1) is 0 Å². The highest BCUT2D eigenvalue weighted by molar-refractivity contribution is 5.86. The average Bonchev–Trinajstić information content (AvgIpc) is 2.83. The number of aromatic nitrogens is 1. The molecule has 1 aromatic carbocycles. The van der Waals surface area contributed by atoms with Gasteiger partial charge in [0.15, 0.2) is 0 Å². The van der Waals surface area contributed by atoms with Crippen LogP contribution in [0.15, 0.2) is 42.5 Å². The van der Waals surface area contributed by atoms with Crippen molar-refractivity contribution in [1.82, 2.24) is 4.57 Å². The van der Waals surface area contributed by atoms with Crippen molar-refractivity contribution in [2.24, 2.45) is 0 Å². The summed E-state index contributed by atoms with van der Waals surface area (Å²) < 4.78 is 1.69. The molecule has 0 saturated heterocycles. The Hall–Kier alpha value is -2.07. The van der Waals surface area contributed by atoms with Crippen LogP contribution in [0.5, 0.6) is 0 Å². The topological polar surface area (TPSA) is 62.5 Å². The van der Waals surface area contributed by atoms with Crippen LogP contribution in [0.2, 0.25) is 0 Å². The summed E-state index contributed by atoms with van der Waals surface area (Å²) in [6.07, 6.45) is 0.725. The highest BCUT2D eigenvalue weighted by Crippen LogP contribution is 2.20. The van der Waals surface area contributed by atoms with E-state index in [0.29, 0.717) is 5.69 Å². The van der Waals surface area contributed by atoms with E-state index in [0.717, 1.165) is 12.0 Å². The Bertz CT molecular complexity index is 560. The number of carbonyl (C=O) groups is 1. The quantitative estimate of drug-likeness (QED) is 0.867. The Morgan fingerprint density at radius 3 is 2.47 bits per heavy atom. The van der Waals surface area contributed by atoms with Gasteiger partial charge in [0, 0.05) is 11.7 Å². The summed E-state index contributed by atoms with van der Waals surface area (Å²) in [5.74, 6) is -0.973. The molecular formula is C15H17NO3. The zero-order valence-electron chi connectivity index (χ0n) is 10.8. The second-order valence-corrected chi connectivity index (χ2v) is 4.58. The van der Waals surface area contributed by atoms with E-state index in [9.17, 15) is 15.0 Å². The number of hydrogen-bond acceptors (Lipinski definition) is 2. The third kappa shape index (κ3) is 2.85. The van der Waals surface area contributed by atoms with Crippen molar-refractivity contribution in [3.63, 3.8) is 0 Å². The van der Waals surface area contributed by atoms with Crippen LogP contribution in [-0.4, -0.2) is 20.7 Å². The number of aromatic carboxylic acids is 1. The van der Waals surface area contributed by atoms with Gasteiger partial charge in [-0.3, -0.25) is 0 Å². The molecule has 0 saturated carbocycles. The molecule has 0 aliphatic rings. The van der Waals surface area contributed by atoms with E-state index >= 15 is 0 Å². The first kappa shape index (κ1) is 13.4. The highest BCUT2D eigenvalue weighted by Gasteiger charge is 2.18. The summed E-state index contributed by atoms with van der Waals surface area (Å²) in [5.41, 5.74) is 1.98. The minimum absolute atomic E-state index is 0.0225. The lowest BCUT2D eigenvalue weighted by Crippen LogP contribution is -2.17. The summed E-state index contributed by atoms with van der Waals surface area (Å²) in [6.45, 7) is 1.80. The first-order chi connectivity index (χ1) is 9.13. The Balaban J connectivity index is 2.30. The van der Waals surface area contributed by atoms with Crippen molar-refractivity contribution in [2.45, 2.75) is 26.0 Å². The molecule has 0 amide bonds. The van der Waals surface area contributed by atoms with Gasteiger partial charge in [-0.15, -0.1) is 0 Å². The van der Waals surface area contributed by atoms with Gasteiger partial charge in [0.25, 0.3) is 0 Å². The van der Waals surface area contributed by atoms with E-state index in [-0.39, 0.29) is 18.3 Å². The predicted molar refractivity (Wildman–Crippen MR) is 72.2 cm³/mol. The van der Waals surface area contributed by atoms with E-state index < -0.39 is 5.97 Å². The monoisotopic (exact) mass is 259 g/mol. The van der Waals surface area contributed by atoms with Crippen molar-refractivity contribution >= 4 is 5.97 Å². The third-order valence-corrected chi connectivity index (χ3v) is 3.20. The molecule has 0 aliphatic carbocycles.